The van der Waals surface area contributed by atoms with Crippen LogP contribution in [0, 0.1) is 13.8 Å². The van der Waals surface area contributed by atoms with E-state index < -0.39 is 0 Å². The van der Waals surface area contributed by atoms with Crippen LogP contribution in [0.15, 0.2) is 24.3 Å². The zero-order chi connectivity index (χ0) is 16.3. The Morgan fingerprint density at radius 2 is 1.45 bits per heavy atom. The van der Waals surface area contributed by atoms with Crippen LogP contribution in [-0.4, -0.2) is 31.9 Å². The van der Waals surface area contributed by atoms with Crippen molar-refractivity contribution in [2.24, 2.45) is 0 Å². The topological polar surface area (TPSA) is 61.7 Å². The molecule has 0 aliphatic carbocycles. The van der Waals surface area contributed by atoms with Gasteiger partial charge >= 0.3 is 0 Å². The molecule has 0 fully saturated rings. The summed E-state index contributed by atoms with van der Waals surface area (Å²) in [5.74, 6) is 1.07. The molecule has 0 saturated carbocycles. The normalized spacial score (nSPS) is 10.2. The predicted molar refractivity (Wildman–Crippen MR) is 83.7 cm³/mol. The lowest BCUT2D eigenvalue weighted by Crippen LogP contribution is -2.24. The monoisotopic (exact) mass is 304 g/mol. The molecule has 118 valence electrons. The summed E-state index contributed by atoms with van der Waals surface area (Å²) in [6, 6.07) is 7.10. The number of amides is 1. The van der Waals surface area contributed by atoms with Gasteiger partial charge in [-0.05, 0) is 38.1 Å². The number of aryl methyl sites for hydroxylation is 2. The third kappa shape index (κ3) is 2.86. The largest absolute Gasteiger partial charge is 0.493 e. The minimum atomic E-state index is -0.262. The minimum Gasteiger partial charge on any atom is -0.493 e. The quantitative estimate of drug-likeness (QED) is 0.922. The molecule has 0 radical (unpaired) electrons. The van der Waals surface area contributed by atoms with Crippen molar-refractivity contribution in [2.45, 2.75) is 13.8 Å². The van der Waals surface area contributed by atoms with Gasteiger partial charge in [-0.3, -0.25) is 14.9 Å². The lowest BCUT2D eigenvalue weighted by Gasteiger charge is -2.15. The fourth-order valence-corrected chi connectivity index (χ4v) is 2.22. The molecule has 6 heteroatoms. The van der Waals surface area contributed by atoms with Crippen LogP contribution in [0.25, 0.3) is 0 Å². The number of rotatable bonds is 5. The van der Waals surface area contributed by atoms with Crippen LogP contribution >= 0.6 is 0 Å². The average Bonchev–Trinajstić information content (AvgIpc) is 2.85. The molecule has 0 bridgehead atoms. The fourth-order valence-electron chi connectivity index (χ4n) is 2.22. The van der Waals surface area contributed by atoms with E-state index in [1.807, 2.05) is 26.0 Å². The van der Waals surface area contributed by atoms with Crippen molar-refractivity contribution in [1.82, 2.24) is 4.68 Å². The summed E-state index contributed by atoms with van der Waals surface area (Å²) < 4.78 is 17.5. The Morgan fingerprint density at radius 1 is 0.955 bits per heavy atom. The van der Waals surface area contributed by atoms with E-state index in [0.717, 1.165) is 11.4 Å². The maximum atomic E-state index is 12.5. The van der Waals surface area contributed by atoms with Gasteiger partial charge in [0, 0.05) is 17.0 Å². The van der Waals surface area contributed by atoms with Gasteiger partial charge in [-0.25, -0.2) is 0 Å². The molecule has 0 aliphatic rings. The Morgan fingerprint density at radius 3 is 1.86 bits per heavy atom. The van der Waals surface area contributed by atoms with Gasteiger partial charge in [0.2, 0.25) is 5.75 Å². The Kier molecular flexibility index (Phi) is 4.60. The lowest BCUT2D eigenvalue weighted by molar-refractivity contribution is 0.101. The number of nitrogens with zero attached hydrogens (tertiary/aromatic N) is 1. The van der Waals surface area contributed by atoms with E-state index in [-0.39, 0.29) is 5.91 Å². The van der Waals surface area contributed by atoms with Crippen molar-refractivity contribution in [3.8, 4) is 17.2 Å². The summed E-state index contributed by atoms with van der Waals surface area (Å²) in [5, 5.41) is 0. The number of aromatic nitrogens is 1. The molecular formula is C16H20N2O4. The zero-order valence-electron chi connectivity index (χ0n) is 13.4. The second kappa shape index (κ2) is 6.43. The smallest absolute Gasteiger partial charge is 0.270 e. The maximum absolute atomic E-state index is 12.5. The van der Waals surface area contributed by atoms with Gasteiger partial charge < -0.3 is 14.2 Å². The minimum absolute atomic E-state index is 0.262. The molecule has 0 spiro atoms. The van der Waals surface area contributed by atoms with Gasteiger partial charge in [0.1, 0.15) is 0 Å². The summed E-state index contributed by atoms with van der Waals surface area (Å²) >= 11 is 0. The molecule has 1 heterocycles. The van der Waals surface area contributed by atoms with Crippen molar-refractivity contribution >= 4 is 5.91 Å². The molecule has 1 N–H and O–H groups in total. The first kappa shape index (κ1) is 15.8. The molecular weight excluding hydrogens is 284 g/mol. The van der Waals surface area contributed by atoms with Crippen LogP contribution in [0.5, 0.6) is 17.2 Å². The Bertz CT molecular complexity index is 647. The Balaban J connectivity index is 2.38. The average molecular weight is 304 g/mol. The molecule has 0 saturated heterocycles. The maximum Gasteiger partial charge on any atom is 0.270 e. The standard InChI is InChI=1S/C16H20N2O4/c1-10-6-7-11(2)18(10)17-16(19)12-8-13(20-3)15(22-5)14(9-12)21-4/h6-9H,1-5H3,(H,17,19). The van der Waals surface area contributed by atoms with E-state index in [0.29, 0.717) is 22.8 Å². The summed E-state index contributed by atoms with van der Waals surface area (Å²) in [6.45, 7) is 3.84. The molecule has 1 aromatic heterocycles. The Hall–Kier alpha value is -2.63. The first-order chi connectivity index (χ1) is 10.5. The highest BCUT2D eigenvalue weighted by molar-refractivity contribution is 6.01. The number of benzene rings is 1. The first-order valence-electron chi connectivity index (χ1n) is 6.78. The molecule has 0 unspecified atom stereocenters. The van der Waals surface area contributed by atoms with Crippen molar-refractivity contribution in [3.63, 3.8) is 0 Å². The summed E-state index contributed by atoms with van der Waals surface area (Å²) in [7, 11) is 4.55. The van der Waals surface area contributed by atoms with Crippen molar-refractivity contribution < 1.29 is 19.0 Å². The molecule has 2 aromatic rings. The van der Waals surface area contributed by atoms with Gasteiger partial charge in [-0.2, -0.15) is 0 Å². The molecule has 0 aliphatic heterocycles. The van der Waals surface area contributed by atoms with Gasteiger partial charge in [-0.1, -0.05) is 0 Å². The van der Waals surface area contributed by atoms with E-state index in [1.54, 1.807) is 16.8 Å². The zero-order valence-corrected chi connectivity index (χ0v) is 13.4. The fraction of sp³-hybridized carbons (Fsp3) is 0.312. The summed E-state index contributed by atoms with van der Waals surface area (Å²) in [5.41, 5.74) is 5.14. The highest BCUT2D eigenvalue weighted by atomic mass is 16.5. The van der Waals surface area contributed by atoms with Crippen LogP contribution in [0.2, 0.25) is 0 Å². The molecule has 22 heavy (non-hydrogen) atoms. The highest BCUT2D eigenvalue weighted by Crippen LogP contribution is 2.38. The van der Waals surface area contributed by atoms with E-state index in [4.69, 9.17) is 14.2 Å². The van der Waals surface area contributed by atoms with Crippen molar-refractivity contribution in [3.05, 3.63) is 41.2 Å². The van der Waals surface area contributed by atoms with Gasteiger partial charge in [0.25, 0.3) is 5.91 Å². The van der Waals surface area contributed by atoms with Crippen LogP contribution in [0.3, 0.4) is 0 Å². The number of methoxy groups -OCH3 is 3. The van der Waals surface area contributed by atoms with Gasteiger partial charge in [0.05, 0.1) is 21.3 Å². The van der Waals surface area contributed by atoms with E-state index in [1.165, 1.54) is 21.3 Å². The van der Waals surface area contributed by atoms with Crippen LogP contribution < -0.4 is 19.6 Å². The predicted octanol–water partition coefficient (Wildman–Crippen LogP) is 2.51. The van der Waals surface area contributed by atoms with Crippen LogP contribution in [-0.2, 0) is 0 Å². The molecule has 1 amide bonds. The molecule has 2 rings (SSSR count). The summed E-state index contributed by atoms with van der Waals surface area (Å²) in [4.78, 5) is 12.5. The SMILES string of the molecule is COc1cc(C(=O)Nn2c(C)ccc2C)cc(OC)c1OC. The second-order valence-electron chi connectivity index (χ2n) is 4.81. The summed E-state index contributed by atoms with van der Waals surface area (Å²) in [6.07, 6.45) is 0. The number of carbonyl (C=O) groups excluding carboxylic acids is 1. The van der Waals surface area contributed by atoms with Crippen LogP contribution in [0.1, 0.15) is 21.7 Å². The second-order valence-corrected chi connectivity index (χ2v) is 4.81. The first-order valence-corrected chi connectivity index (χ1v) is 6.78. The van der Waals surface area contributed by atoms with Crippen molar-refractivity contribution in [1.29, 1.82) is 0 Å². The van der Waals surface area contributed by atoms with E-state index >= 15 is 0 Å². The number of ether oxygens (including phenoxy) is 3. The van der Waals surface area contributed by atoms with Gasteiger partial charge in [-0.15, -0.1) is 0 Å². The number of hydrogen-bond acceptors (Lipinski definition) is 4. The van der Waals surface area contributed by atoms with Gasteiger partial charge in [0.15, 0.2) is 11.5 Å². The number of hydrogen-bond donors (Lipinski definition) is 1. The number of carbonyl (C=O) groups is 1. The third-order valence-corrected chi connectivity index (χ3v) is 3.41. The van der Waals surface area contributed by atoms with Crippen LogP contribution in [0.4, 0.5) is 0 Å². The highest BCUT2D eigenvalue weighted by Gasteiger charge is 2.17. The van der Waals surface area contributed by atoms with E-state index in [9.17, 15) is 4.79 Å². The number of nitrogens with one attached hydrogen (secondary N) is 1. The molecule has 1 aromatic carbocycles. The van der Waals surface area contributed by atoms with E-state index in [2.05, 4.69) is 5.43 Å². The third-order valence-electron chi connectivity index (χ3n) is 3.41. The Labute approximate surface area is 129 Å². The molecule has 6 nitrogen and oxygen atoms in total. The lowest BCUT2D eigenvalue weighted by atomic mass is 10.1. The van der Waals surface area contributed by atoms with Crippen molar-refractivity contribution in [2.75, 3.05) is 26.8 Å². The molecule has 0 atom stereocenters.